The molecule has 2 nitrogen and oxygen atoms in total. The lowest BCUT2D eigenvalue weighted by atomic mass is 9.58. The number of hydrogen-bond acceptors (Lipinski definition) is 0. The summed E-state index contributed by atoms with van der Waals surface area (Å²) in [5.74, 6) is 4.02. The van der Waals surface area contributed by atoms with Gasteiger partial charge in [0.15, 0.2) is 0 Å². The zero-order valence-electron chi connectivity index (χ0n) is 17.4. The molecule has 0 N–H and O–H groups in total. The van der Waals surface area contributed by atoms with E-state index in [2.05, 4.69) is 28.2 Å². The van der Waals surface area contributed by atoms with Crippen molar-refractivity contribution >= 4 is 0 Å². The number of quaternary nitrogens is 2. The molecule has 1 saturated heterocycles. The molecular formula is C23H42N2+2. The van der Waals surface area contributed by atoms with Crippen molar-refractivity contribution in [3.8, 4) is 0 Å². The van der Waals surface area contributed by atoms with E-state index in [1.54, 1.807) is 0 Å². The maximum atomic E-state index is 2.60. The fourth-order valence-corrected chi connectivity index (χ4v) is 7.14. The highest BCUT2D eigenvalue weighted by Gasteiger charge is 2.53. The third-order valence-corrected chi connectivity index (χ3v) is 8.14. The number of hydrogen-bond donors (Lipinski definition) is 0. The molecule has 0 bridgehead atoms. The second-order valence-electron chi connectivity index (χ2n) is 11.2. The van der Waals surface area contributed by atoms with Gasteiger partial charge in [-0.3, -0.25) is 0 Å². The van der Waals surface area contributed by atoms with E-state index in [1.165, 1.54) is 88.4 Å². The van der Waals surface area contributed by atoms with Gasteiger partial charge in [0.1, 0.15) is 0 Å². The van der Waals surface area contributed by atoms with Crippen LogP contribution in [-0.2, 0) is 0 Å². The Morgan fingerprint density at radius 3 is 1.84 bits per heavy atom. The van der Waals surface area contributed by atoms with Gasteiger partial charge in [-0.25, -0.2) is 0 Å². The molecule has 0 unspecified atom stereocenters. The smallest absolute Gasteiger partial charge is 0.0839 e. The standard InChI is InChI=1S/C23H42N2/c1-24(2,3)14-9-15-25(4)16-22-20-12-7-5-10-18(20)19-11-6-8-13-21(19)23(22)17-25/h20-23H,5-17H2,1-4H3/q+2/t20-,21-,22-,23-/m0/s1. The highest BCUT2D eigenvalue weighted by Crippen LogP contribution is 2.55. The Hall–Kier alpha value is -0.340. The summed E-state index contributed by atoms with van der Waals surface area (Å²) in [6.45, 7) is 5.71. The van der Waals surface area contributed by atoms with Gasteiger partial charge in [0.05, 0.1) is 54.4 Å². The van der Waals surface area contributed by atoms with Gasteiger partial charge in [0.25, 0.3) is 0 Å². The highest BCUT2D eigenvalue weighted by atomic mass is 15.4. The molecule has 1 aliphatic heterocycles. The number of rotatable bonds is 4. The first-order chi connectivity index (χ1) is 11.9. The molecule has 0 amide bonds. The Labute approximate surface area is 156 Å². The molecule has 0 aromatic carbocycles. The van der Waals surface area contributed by atoms with E-state index < -0.39 is 0 Å². The van der Waals surface area contributed by atoms with E-state index in [0.29, 0.717) is 0 Å². The van der Waals surface area contributed by atoms with Gasteiger partial charge in [-0.15, -0.1) is 0 Å². The van der Waals surface area contributed by atoms with Crippen LogP contribution in [0.1, 0.15) is 57.8 Å². The van der Waals surface area contributed by atoms with E-state index in [9.17, 15) is 0 Å². The van der Waals surface area contributed by atoms with Gasteiger partial charge >= 0.3 is 0 Å². The molecule has 1 heterocycles. The Bertz CT molecular complexity index is 493. The highest BCUT2D eigenvalue weighted by molar-refractivity contribution is 5.28. The van der Waals surface area contributed by atoms with Crippen molar-refractivity contribution in [1.82, 2.24) is 0 Å². The zero-order chi connectivity index (χ0) is 17.7. The maximum Gasteiger partial charge on any atom is 0.0839 e. The van der Waals surface area contributed by atoms with Crippen molar-refractivity contribution in [1.29, 1.82) is 0 Å². The third kappa shape index (κ3) is 3.58. The molecule has 0 aromatic rings. The molecule has 3 fully saturated rings. The van der Waals surface area contributed by atoms with E-state index in [0.717, 1.165) is 28.2 Å². The molecule has 4 atom stereocenters. The van der Waals surface area contributed by atoms with Gasteiger partial charge in [-0.1, -0.05) is 24.0 Å². The van der Waals surface area contributed by atoms with Crippen LogP contribution >= 0.6 is 0 Å². The van der Waals surface area contributed by atoms with E-state index >= 15 is 0 Å². The van der Waals surface area contributed by atoms with Crippen LogP contribution in [0.25, 0.3) is 0 Å². The predicted molar refractivity (Wildman–Crippen MR) is 106 cm³/mol. The first-order valence-corrected chi connectivity index (χ1v) is 11.2. The van der Waals surface area contributed by atoms with Crippen molar-refractivity contribution in [3.05, 3.63) is 11.1 Å². The number of nitrogens with zero attached hydrogens (tertiary/aromatic N) is 2. The first kappa shape index (κ1) is 18.0. The van der Waals surface area contributed by atoms with Gasteiger partial charge < -0.3 is 8.97 Å². The predicted octanol–water partition coefficient (Wildman–Crippen LogP) is 4.47. The summed E-state index contributed by atoms with van der Waals surface area (Å²) in [6.07, 6.45) is 13.3. The summed E-state index contributed by atoms with van der Waals surface area (Å²) in [7, 11) is 9.63. The largest absolute Gasteiger partial charge is 0.331 e. The topological polar surface area (TPSA) is 0 Å². The summed E-state index contributed by atoms with van der Waals surface area (Å²) in [5, 5.41) is 0. The van der Waals surface area contributed by atoms with Gasteiger partial charge in [-0.05, 0) is 50.4 Å². The summed E-state index contributed by atoms with van der Waals surface area (Å²) in [6, 6.07) is 0. The lowest BCUT2D eigenvalue weighted by Crippen LogP contribution is -2.45. The van der Waals surface area contributed by atoms with Crippen molar-refractivity contribution in [2.75, 3.05) is 54.4 Å². The fourth-order valence-electron chi connectivity index (χ4n) is 7.14. The fraction of sp³-hybridized carbons (Fsp3) is 0.913. The van der Waals surface area contributed by atoms with Crippen molar-refractivity contribution in [3.63, 3.8) is 0 Å². The lowest BCUT2D eigenvalue weighted by molar-refractivity contribution is -0.910. The van der Waals surface area contributed by atoms with E-state index in [4.69, 9.17) is 0 Å². The molecular weight excluding hydrogens is 304 g/mol. The molecule has 142 valence electrons. The Balaban J connectivity index is 1.52. The third-order valence-electron chi connectivity index (χ3n) is 8.14. The second-order valence-corrected chi connectivity index (χ2v) is 11.2. The average Bonchev–Trinajstić information content (AvgIpc) is 2.92. The van der Waals surface area contributed by atoms with Crippen molar-refractivity contribution < 1.29 is 8.97 Å². The summed E-state index contributed by atoms with van der Waals surface area (Å²) in [5.41, 5.74) is 3.99. The minimum atomic E-state index is 0.987. The first-order valence-electron chi connectivity index (χ1n) is 11.2. The minimum absolute atomic E-state index is 0.987. The molecule has 0 spiro atoms. The second kappa shape index (κ2) is 6.68. The summed E-state index contributed by atoms with van der Waals surface area (Å²) >= 11 is 0. The van der Waals surface area contributed by atoms with Crippen molar-refractivity contribution in [2.24, 2.45) is 23.7 Å². The van der Waals surface area contributed by atoms with Crippen LogP contribution in [-0.4, -0.2) is 63.3 Å². The molecule has 3 aliphatic carbocycles. The quantitative estimate of drug-likeness (QED) is 0.520. The van der Waals surface area contributed by atoms with Gasteiger partial charge in [0, 0.05) is 18.3 Å². The van der Waals surface area contributed by atoms with Crippen LogP contribution < -0.4 is 0 Å². The van der Waals surface area contributed by atoms with Crippen molar-refractivity contribution in [2.45, 2.75) is 57.8 Å². The van der Waals surface area contributed by atoms with Crippen LogP contribution in [0.15, 0.2) is 11.1 Å². The van der Waals surface area contributed by atoms with Crippen LogP contribution in [0.4, 0.5) is 0 Å². The van der Waals surface area contributed by atoms with E-state index in [-0.39, 0.29) is 0 Å². The maximum absolute atomic E-state index is 2.60. The number of likely N-dealkylation sites (tertiary alicyclic amines) is 1. The normalized spacial score (nSPS) is 41.3. The SMILES string of the molecule is C[N+](C)(C)CCC[N+]1(C)C[C@@H]2[C@@H](C1)[C@H]1CCCCC1=C1CCCC[C@@H]12. The summed E-state index contributed by atoms with van der Waals surface area (Å²) in [4.78, 5) is 0. The minimum Gasteiger partial charge on any atom is -0.331 e. The Morgan fingerprint density at radius 2 is 1.36 bits per heavy atom. The summed E-state index contributed by atoms with van der Waals surface area (Å²) < 4.78 is 2.50. The molecule has 25 heavy (non-hydrogen) atoms. The van der Waals surface area contributed by atoms with Crippen LogP contribution in [0.5, 0.6) is 0 Å². The van der Waals surface area contributed by atoms with Crippen LogP contribution in [0, 0.1) is 23.7 Å². The molecule has 4 aliphatic rings. The molecule has 0 radical (unpaired) electrons. The van der Waals surface area contributed by atoms with E-state index in [1.807, 2.05) is 11.1 Å². The molecule has 2 heteroatoms. The Morgan fingerprint density at radius 1 is 0.840 bits per heavy atom. The number of fused-ring (bicyclic) bond motifs is 5. The lowest BCUT2D eigenvalue weighted by Gasteiger charge is -2.45. The van der Waals surface area contributed by atoms with Gasteiger partial charge in [-0.2, -0.15) is 0 Å². The molecule has 4 rings (SSSR count). The molecule has 2 saturated carbocycles. The zero-order valence-corrected chi connectivity index (χ0v) is 17.4. The molecule has 0 aromatic heterocycles. The number of allylic oxidation sites excluding steroid dienone is 2. The van der Waals surface area contributed by atoms with Gasteiger partial charge in [0.2, 0.25) is 0 Å². The van der Waals surface area contributed by atoms with Crippen LogP contribution in [0.2, 0.25) is 0 Å². The van der Waals surface area contributed by atoms with Crippen LogP contribution in [0.3, 0.4) is 0 Å². The Kier molecular flexibility index (Phi) is 4.82. The average molecular weight is 347 g/mol. The monoisotopic (exact) mass is 346 g/mol.